The molecule has 2 N–H and O–H groups in total. The topological polar surface area (TPSA) is 58.3 Å². The Balaban J connectivity index is 2.80. The van der Waals surface area contributed by atoms with Crippen LogP contribution in [0.1, 0.15) is 6.92 Å². The van der Waals surface area contributed by atoms with Crippen molar-refractivity contribution in [3.05, 3.63) is 12.4 Å². The fourth-order valence-corrected chi connectivity index (χ4v) is 1.32. The van der Waals surface area contributed by atoms with E-state index in [9.17, 15) is 0 Å². The van der Waals surface area contributed by atoms with Crippen molar-refractivity contribution in [3.8, 4) is 0 Å². The summed E-state index contributed by atoms with van der Waals surface area (Å²) in [5.74, 6) is 1.79. The van der Waals surface area contributed by atoms with Gasteiger partial charge >= 0.3 is 0 Å². The van der Waals surface area contributed by atoms with E-state index in [4.69, 9.17) is 5.73 Å². The monoisotopic (exact) mass is 209 g/mol. The minimum Gasteiger partial charge on any atom is -0.363 e. The summed E-state index contributed by atoms with van der Waals surface area (Å²) in [7, 11) is 5.89. The summed E-state index contributed by atoms with van der Waals surface area (Å²) < 4.78 is 0. The zero-order chi connectivity index (χ0) is 11.4. The van der Waals surface area contributed by atoms with Crippen molar-refractivity contribution >= 4 is 11.6 Å². The molecule has 1 aromatic heterocycles. The Morgan fingerprint density at radius 1 is 1.27 bits per heavy atom. The third-order valence-corrected chi connectivity index (χ3v) is 2.05. The van der Waals surface area contributed by atoms with E-state index in [0.717, 1.165) is 18.2 Å². The minimum absolute atomic E-state index is 0.132. The van der Waals surface area contributed by atoms with Crippen molar-refractivity contribution in [1.82, 2.24) is 9.97 Å². The molecule has 15 heavy (non-hydrogen) atoms. The molecule has 0 spiro atoms. The Hall–Kier alpha value is -1.36. The van der Waals surface area contributed by atoms with Gasteiger partial charge < -0.3 is 15.5 Å². The van der Waals surface area contributed by atoms with Gasteiger partial charge in [-0.05, 0) is 6.92 Å². The molecule has 0 aliphatic rings. The van der Waals surface area contributed by atoms with Crippen LogP contribution in [0.2, 0.25) is 0 Å². The largest absolute Gasteiger partial charge is 0.363 e. The van der Waals surface area contributed by atoms with Crippen molar-refractivity contribution in [2.75, 3.05) is 37.5 Å². The Bertz CT molecular complexity index is 310. The zero-order valence-corrected chi connectivity index (χ0v) is 9.81. The van der Waals surface area contributed by atoms with E-state index in [1.165, 1.54) is 0 Å². The molecule has 1 heterocycles. The molecule has 0 radical (unpaired) electrons. The first-order valence-corrected chi connectivity index (χ1v) is 4.96. The molecule has 0 aromatic carbocycles. The molecule has 0 aliphatic carbocycles. The molecule has 1 unspecified atom stereocenters. The number of rotatable bonds is 4. The molecule has 0 saturated heterocycles. The second kappa shape index (κ2) is 4.93. The number of anilines is 2. The fourth-order valence-electron chi connectivity index (χ4n) is 1.32. The average Bonchev–Trinajstić information content (AvgIpc) is 2.17. The molecule has 0 aliphatic heterocycles. The van der Waals surface area contributed by atoms with Gasteiger partial charge in [-0.1, -0.05) is 0 Å². The van der Waals surface area contributed by atoms with E-state index in [1.54, 1.807) is 6.33 Å². The summed E-state index contributed by atoms with van der Waals surface area (Å²) in [4.78, 5) is 12.3. The van der Waals surface area contributed by atoms with E-state index in [1.807, 2.05) is 43.9 Å². The van der Waals surface area contributed by atoms with Crippen LogP contribution < -0.4 is 15.5 Å². The molecule has 0 fully saturated rings. The zero-order valence-electron chi connectivity index (χ0n) is 9.81. The summed E-state index contributed by atoms with van der Waals surface area (Å²) in [5.41, 5.74) is 5.73. The Morgan fingerprint density at radius 3 is 2.40 bits per heavy atom. The summed E-state index contributed by atoms with van der Waals surface area (Å²) in [6.07, 6.45) is 1.57. The Labute approximate surface area is 90.9 Å². The predicted octanol–water partition coefficient (Wildman–Crippen LogP) is 0.326. The first-order valence-electron chi connectivity index (χ1n) is 4.96. The maximum Gasteiger partial charge on any atom is 0.133 e. The lowest BCUT2D eigenvalue weighted by molar-refractivity contribution is 0.711. The van der Waals surface area contributed by atoms with Gasteiger partial charge in [0, 0.05) is 39.8 Å². The predicted molar refractivity (Wildman–Crippen MR) is 63.3 cm³/mol. The highest BCUT2D eigenvalue weighted by Gasteiger charge is 2.06. The van der Waals surface area contributed by atoms with E-state index in [0.29, 0.717) is 0 Å². The molecule has 84 valence electrons. The van der Waals surface area contributed by atoms with Crippen LogP contribution in [0.5, 0.6) is 0 Å². The number of likely N-dealkylation sites (N-methyl/N-ethyl adjacent to an activating group) is 1. The normalized spacial score (nSPS) is 12.3. The first kappa shape index (κ1) is 11.7. The molecule has 0 saturated carbocycles. The van der Waals surface area contributed by atoms with Crippen molar-refractivity contribution in [2.24, 2.45) is 5.73 Å². The third-order valence-electron chi connectivity index (χ3n) is 2.05. The molecule has 1 aromatic rings. The molecule has 1 rings (SSSR count). The van der Waals surface area contributed by atoms with Crippen molar-refractivity contribution in [2.45, 2.75) is 13.0 Å². The van der Waals surface area contributed by atoms with Gasteiger partial charge in [0.1, 0.15) is 18.0 Å². The van der Waals surface area contributed by atoms with Crippen LogP contribution in [0.15, 0.2) is 12.4 Å². The summed E-state index contributed by atoms with van der Waals surface area (Å²) in [6.45, 7) is 2.76. The lowest BCUT2D eigenvalue weighted by atomic mass is 10.3. The highest BCUT2D eigenvalue weighted by atomic mass is 15.2. The third kappa shape index (κ3) is 3.36. The lowest BCUT2D eigenvalue weighted by Gasteiger charge is -2.21. The van der Waals surface area contributed by atoms with E-state index >= 15 is 0 Å². The molecule has 1 atom stereocenters. The van der Waals surface area contributed by atoms with E-state index in [2.05, 4.69) is 9.97 Å². The molecule has 0 amide bonds. The van der Waals surface area contributed by atoms with Crippen LogP contribution in [0.4, 0.5) is 11.6 Å². The van der Waals surface area contributed by atoms with Gasteiger partial charge in [-0.3, -0.25) is 0 Å². The first-order chi connectivity index (χ1) is 7.00. The van der Waals surface area contributed by atoms with E-state index in [-0.39, 0.29) is 6.04 Å². The van der Waals surface area contributed by atoms with Crippen LogP contribution in [0.25, 0.3) is 0 Å². The molecular formula is C10H19N5. The fraction of sp³-hybridized carbons (Fsp3) is 0.600. The number of aromatic nitrogens is 2. The number of hydrogen-bond acceptors (Lipinski definition) is 5. The van der Waals surface area contributed by atoms with Crippen LogP contribution in [0.3, 0.4) is 0 Å². The number of nitrogens with two attached hydrogens (primary N) is 1. The van der Waals surface area contributed by atoms with Gasteiger partial charge in [-0.2, -0.15) is 0 Å². The minimum atomic E-state index is 0.132. The van der Waals surface area contributed by atoms with Crippen molar-refractivity contribution in [1.29, 1.82) is 0 Å². The summed E-state index contributed by atoms with van der Waals surface area (Å²) in [6, 6.07) is 2.08. The van der Waals surface area contributed by atoms with Crippen LogP contribution in [-0.2, 0) is 0 Å². The second-order valence-electron chi connectivity index (χ2n) is 3.99. The number of hydrogen-bond donors (Lipinski definition) is 1. The maximum atomic E-state index is 5.73. The molecule has 5 heteroatoms. The summed E-state index contributed by atoms with van der Waals surface area (Å²) >= 11 is 0. The van der Waals surface area contributed by atoms with Gasteiger partial charge in [0.05, 0.1) is 0 Å². The van der Waals surface area contributed by atoms with E-state index < -0.39 is 0 Å². The van der Waals surface area contributed by atoms with Gasteiger partial charge in [0.25, 0.3) is 0 Å². The highest BCUT2D eigenvalue weighted by Crippen LogP contribution is 2.14. The molecule has 0 bridgehead atoms. The van der Waals surface area contributed by atoms with Gasteiger partial charge in [0.2, 0.25) is 0 Å². The highest BCUT2D eigenvalue weighted by molar-refractivity contribution is 5.48. The number of nitrogens with zero attached hydrogens (tertiary/aromatic N) is 4. The quantitative estimate of drug-likeness (QED) is 0.774. The van der Waals surface area contributed by atoms with Crippen molar-refractivity contribution < 1.29 is 0 Å². The van der Waals surface area contributed by atoms with Crippen molar-refractivity contribution in [3.63, 3.8) is 0 Å². The molecule has 5 nitrogen and oxygen atoms in total. The SMILES string of the molecule is CC(N)CN(C)c1cc(N(C)C)ncn1. The summed E-state index contributed by atoms with van der Waals surface area (Å²) in [5, 5.41) is 0. The maximum absolute atomic E-state index is 5.73. The van der Waals surface area contributed by atoms with Crippen LogP contribution in [-0.4, -0.2) is 43.7 Å². The Morgan fingerprint density at radius 2 is 1.87 bits per heavy atom. The lowest BCUT2D eigenvalue weighted by Crippen LogP contribution is -2.33. The van der Waals surface area contributed by atoms with Crippen LogP contribution >= 0.6 is 0 Å². The van der Waals surface area contributed by atoms with Crippen LogP contribution in [0, 0.1) is 0 Å². The molecular weight excluding hydrogens is 190 g/mol. The average molecular weight is 209 g/mol. The smallest absolute Gasteiger partial charge is 0.133 e. The van der Waals surface area contributed by atoms with Gasteiger partial charge in [-0.15, -0.1) is 0 Å². The van der Waals surface area contributed by atoms with Gasteiger partial charge in [0.15, 0.2) is 0 Å². The second-order valence-corrected chi connectivity index (χ2v) is 3.99. The van der Waals surface area contributed by atoms with Gasteiger partial charge in [-0.25, -0.2) is 9.97 Å². The standard InChI is InChI=1S/C10H19N5/c1-8(11)6-15(4)10-5-9(14(2)3)12-7-13-10/h5,7-8H,6,11H2,1-4H3. The Kier molecular flexibility index (Phi) is 3.85.